The summed E-state index contributed by atoms with van der Waals surface area (Å²) in [5.74, 6) is -6.48. The van der Waals surface area contributed by atoms with Gasteiger partial charge in [-0.05, 0) is 24.8 Å². The van der Waals surface area contributed by atoms with Gasteiger partial charge in [0.05, 0.1) is 48.3 Å². The number of hydrogen-bond donors (Lipinski definition) is 0. The van der Waals surface area contributed by atoms with Crippen LogP contribution in [0, 0.1) is 22.7 Å². The van der Waals surface area contributed by atoms with Crippen LogP contribution in [0.4, 0.5) is 0 Å². The lowest BCUT2D eigenvalue weighted by atomic mass is 9.51. The number of esters is 4. The minimum Gasteiger partial charge on any atom is -0.468 e. The first-order valence-electron chi connectivity index (χ1n) is 13.2. The topological polar surface area (TPSA) is 143 Å². The van der Waals surface area contributed by atoms with E-state index in [0.29, 0.717) is 11.1 Å². The maximum atomic E-state index is 13.7. The van der Waals surface area contributed by atoms with Crippen LogP contribution in [0.1, 0.15) is 40.0 Å². The molecule has 0 aromatic rings. The number of imide groups is 1. The molecule has 1 heterocycles. The van der Waals surface area contributed by atoms with Crippen molar-refractivity contribution >= 4 is 43.8 Å². The summed E-state index contributed by atoms with van der Waals surface area (Å²) in [6, 6.07) is 2.37. The molecule has 12 heteroatoms. The smallest absolute Gasteiger partial charge is 0.325 e. The first kappa shape index (κ1) is 30.5. The van der Waals surface area contributed by atoms with Gasteiger partial charge >= 0.3 is 23.9 Å². The fourth-order valence-electron chi connectivity index (χ4n) is 7.67. The van der Waals surface area contributed by atoms with Crippen molar-refractivity contribution in [2.45, 2.75) is 63.7 Å². The number of ether oxygens (including phenoxy) is 4. The third-order valence-corrected chi connectivity index (χ3v) is 16.2. The van der Waals surface area contributed by atoms with E-state index < -0.39 is 66.6 Å². The highest BCUT2D eigenvalue weighted by atomic mass is 28.3. The third-order valence-electron chi connectivity index (χ3n) is 9.92. The van der Waals surface area contributed by atoms with Crippen LogP contribution < -0.4 is 0 Å². The van der Waals surface area contributed by atoms with Crippen molar-refractivity contribution in [3.8, 4) is 0 Å². The molecule has 1 aliphatic heterocycles. The molecule has 3 aliphatic rings. The van der Waals surface area contributed by atoms with E-state index in [1.165, 1.54) is 7.05 Å². The second kappa shape index (κ2) is 10.9. The van der Waals surface area contributed by atoms with Crippen LogP contribution in [0.3, 0.4) is 0 Å². The normalized spacial score (nSPS) is 25.4. The van der Waals surface area contributed by atoms with Gasteiger partial charge in [0.25, 0.3) is 0 Å². The highest BCUT2D eigenvalue weighted by molar-refractivity contribution is 6.82. The van der Waals surface area contributed by atoms with Crippen molar-refractivity contribution < 1.29 is 47.7 Å². The second-order valence-corrected chi connectivity index (χ2v) is 16.2. The Balaban J connectivity index is 2.49. The summed E-state index contributed by atoms with van der Waals surface area (Å²) < 4.78 is 20.3. The van der Waals surface area contributed by atoms with Gasteiger partial charge in [0.2, 0.25) is 11.8 Å². The fraction of sp³-hybridized carbons (Fsp3) is 0.704. The van der Waals surface area contributed by atoms with E-state index in [4.69, 9.17) is 18.9 Å². The number of methoxy groups -OCH3 is 4. The molecule has 0 bridgehead atoms. The van der Waals surface area contributed by atoms with E-state index in [-0.39, 0.29) is 24.7 Å². The summed E-state index contributed by atoms with van der Waals surface area (Å²) in [5, 5.41) is 0. The molecule has 3 rings (SSSR count). The standard InChI is InChI=1S/C27H39NO10Si/c1-9-39(10-2,11-3)19-17-14-27(24(33)37-7,25(34)38-8)26(22(31)35-5,23(32)36-6)13-15(17)12-16-18(19)21(30)28(4)20(16)29/h16,18-19H,9-14H2,1-8H3/t16-,18-,19-/m1/s1. The molecule has 1 fully saturated rings. The molecule has 0 aromatic carbocycles. The van der Waals surface area contributed by atoms with Crippen LogP contribution in [-0.2, 0) is 47.7 Å². The van der Waals surface area contributed by atoms with Gasteiger partial charge in [0.1, 0.15) is 0 Å². The largest absolute Gasteiger partial charge is 0.468 e. The van der Waals surface area contributed by atoms with Gasteiger partial charge in [0.15, 0.2) is 10.8 Å². The summed E-state index contributed by atoms with van der Waals surface area (Å²) >= 11 is 0. The molecule has 11 nitrogen and oxygen atoms in total. The van der Waals surface area contributed by atoms with Crippen molar-refractivity contribution in [3.63, 3.8) is 0 Å². The van der Waals surface area contributed by atoms with Crippen molar-refractivity contribution in [1.82, 2.24) is 4.90 Å². The van der Waals surface area contributed by atoms with Crippen LogP contribution in [0.25, 0.3) is 0 Å². The molecule has 0 N–H and O–H groups in total. The van der Waals surface area contributed by atoms with Gasteiger partial charge in [-0.2, -0.15) is 0 Å². The number of hydrogen-bond acceptors (Lipinski definition) is 10. The van der Waals surface area contributed by atoms with Crippen LogP contribution in [0.2, 0.25) is 23.7 Å². The molecule has 0 radical (unpaired) electrons. The predicted octanol–water partition coefficient (Wildman–Crippen LogP) is 2.26. The lowest BCUT2D eigenvalue weighted by Crippen LogP contribution is -2.65. The third kappa shape index (κ3) is 3.88. The molecule has 0 unspecified atom stereocenters. The number of carbonyl (C=O) groups excluding carboxylic acids is 6. The zero-order chi connectivity index (χ0) is 29.5. The number of allylic oxidation sites excluding steroid dienone is 2. The number of fused-ring (bicyclic) bond motifs is 1. The molecule has 1 saturated heterocycles. The van der Waals surface area contributed by atoms with Crippen molar-refractivity contribution in [1.29, 1.82) is 0 Å². The molecular weight excluding hydrogens is 526 g/mol. The summed E-state index contributed by atoms with van der Waals surface area (Å²) in [6.07, 6.45) is -0.681. The Morgan fingerprint density at radius 3 is 1.56 bits per heavy atom. The SMILES string of the molecule is CC[Si](CC)(CC)[C@@H]1C2=C(C[C@H]3C(=O)N(C)C(=O)[C@@H]13)CC(C(=O)OC)(C(=O)OC)C(C(=O)OC)(C(=O)OC)C2. The van der Waals surface area contributed by atoms with Crippen molar-refractivity contribution in [3.05, 3.63) is 11.1 Å². The van der Waals surface area contributed by atoms with Crippen LogP contribution in [-0.4, -0.2) is 84.2 Å². The first-order chi connectivity index (χ1) is 18.4. The van der Waals surface area contributed by atoms with E-state index in [1.807, 2.05) is 0 Å². The molecule has 0 saturated carbocycles. The lowest BCUT2D eigenvalue weighted by Gasteiger charge is -2.53. The molecule has 2 aliphatic carbocycles. The molecular formula is C27H39NO10Si. The van der Waals surface area contributed by atoms with Gasteiger partial charge in [-0.3, -0.25) is 33.7 Å². The van der Waals surface area contributed by atoms with Gasteiger partial charge < -0.3 is 18.9 Å². The zero-order valence-electron chi connectivity index (χ0n) is 24.0. The maximum Gasteiger partial charge on any atom is 0.325 e. The zero-order valence-corrected chi connectivity index (χ0v) is 25.0. The molecule has 3 atom stereocenters. The number of likely N-dealkylation sites (tertiary alicyclic amines) is 1. The highest BCUT2D eigenvalue weighted by Crippen LogP contribution is 2.64. The summed E-state index contributed by atoms with van der Waals surface area (Å²) in [7, 11) is 3.30. The van der Waals surface area contributed by atoms with Crippen molar-refractivity contribution in [2.75, 3.05) is 35.5 Å². The van der Waals surface area contributed by atoms with Gasteiger partial charge in [-0.1, -0.05) is 50.0 Å². The lowest BCUT2D eigenvalue weighted by molar-refractivity contribution is -0.201. The van der Waals surface area contributed by atoms with Crippen molar-refractivity contribution in [2.24, 2.45) is 22.7 Å². The van der Waals surface area contributed by atoms with Crippen LogP contribution in [0.15, 0.2) is 11.1 Å². The molecule has 2 amide bonds. The van der Waals surface area contributed by atoms with E-state index in [1.54, 1.807) is 0 Å². The van der Waals surface area contributed by atoms with E-state index in [2.05, 4.69) is 20.8 Å². The van der Waals surface area contributed by atoms with E-state index in [0.717, 1.165) is 51.5 Å². The minimum atomic E-state index is -2.46. The Morgan fingerprint density at radius 1 is 0.769 bits per heavy atom. The minimum absolute atomic E-state index is 0.112. The maximum absolute atomic E-state index is 13.7. The van der Waals surface area contributed by atoms with E-state index >= 15 is 0 Å². The molecule has 0 spiro atoms. The Hall–Kier alpha value is -3.02. The summed E-state index contributed by atoms with van der Waals surface area (Å²) in [6.45, 7) is 6.20. The first-order valence-corrected chi connectivity index (χ1v) is 15.9. The quantitative estimate of drug-likeness (QED) is 0.107. The van der Waals surface area contributed by atoms with Crippen LogP contribution in [0.5, 0.6) is 0 Å². The highest BCUT2D eigenvalue weighted by Gasteiger charge is 2.76. The Kier molecular flexibility index (Phi) is 8.50. The van der Waals surface area contributed by atoms with Crippen LogP contribution >= 0.6 is 0 Å². The summed E-state index contributed by atoms with van der Waals surface area (Å²) in [4.78, 5) is 82.6. The average Bonchev–Trinajstić information content (AvgIpc) is 3.18. The molecule has 0 aromatic heterocycles. The fourth-order valence-corrected chi connectivity index (χ4v) is 12.7. The number of rotatable bonds is 8. The molecule has 39 heavy (non-hydrogen) atoms. The predicted molar refractivity (Wildman–Crippen MR) is 140 cm³/mol. The Bertz CT molecular complexity index is 1080. The monoisotopic (exact) mass is 565 g/mol. The molecule has 216 valence electrons. The average molecular weight is 566 g/mol. The number of amides is 2. The second-order valence-electron chi connectivity index (χ2n) is 10.7. The summed E-state index contributed by atoms with van der Waals surface area (Å²) in [5.41, 5.74) is -4.05. The Morgan fingerprint density at radius 2 is 1.18 bits per heavy atom. The number of nitrogens with zero attached hydrogens (tertiary/aromatic N) is 1. The number of carbonyl (C=O) groups is 6. The van der Waals surface area contributed by atoms with E-state index in [9.17, 15) is 28.8 Å². The van der Waals surface area contributed by atoms with Gasteiger partial charge in [-0.25, -0.2) is 0 Å². The van der Waals surface area contributed by atoms with Gasteiger partial charge in [-0.15, -0.1) is 0 Å². The Labute approximate surface area is 229 Å². The van der Waals surface area contributed by atoms with Gasteiger partial charge in [0, 0.05) is 7.05 Å².